The summed E-state index contributed by atoms with van der Waals surface area (Å²) < 4.78 is -0.664. The number of rotatable bonds is 5. The van der Waals surface area contributed by atoms with Crippen LogP contribution in [-0.2, 0) is 4.79 Å². The van der Waals surface area contributed by atoms with E-state index in [-0.39, 0.29) is 11.2 Å². The van der Waals surface area contributed by atoms with Crippen molar-refractivity contribution in [2.24, 2.45) is 5.73 Å². The van der Waals surface area contributed by atoms with Crippen molar-refractivity contribution in [3.8, 4) is 0 Å². The Kier molecular flexibility index (Phi) is 5.38. The van der Waals surface area contributed by atoms with E-state index in [4.69, 9.17) is 5.73 Å². The molecule has 2 N–H and O–H groups in total. The lowest BCUT2D eigenvalue weighted by Gasteiger charge is -2.23. The Morgan fingerprint density at radius 3 is 2.86 bits per heavy atom. The van der Waals surface area contributed by atoms with Crippen LogP contribution in [0.25, 0.3) is 0 Å². The first-order chi connectivity index (χ1) is 6.61. The molecule has 0 aliphatic carbocycles. The summed E-state index contributed by atoms with van der Waals surface area (Å²) in [5, 5.41) is 0.255. The average molecular weight is 269 g/mol. The van der Waals surface area contributed by atoms with E-state index in [2.05, 4.69) is 19.6 Å². The van der Waals surface area contributed by atoms with Crippen LogP contribution in [0.3, 0.4) is 0 Å². The molecule has 1 fully saturated rings. The number of carbonyl (C=O) groups excluding carboxylic acids is 1. The molecule has 2 unspecified atom stereocenters. The van der Waals surface area contributed by atoms with Gasteiger partial charge < -0.3 is 5.73 Å². The number of primary amides is 1. The van der Waals surface area contributed by atoms with Crippen molar-refractivity contribution in [1.29, 1.82) is 0 Å². The number of unbranched alkanes of at least 4 members (excludes halogenated alkanes) is 2. The summed E-state index contributed by atoms with van der Waals surface area (Å²) in [4.78, 5) is 11.3. The summed E-state index contributed by atoms with van der Waals surface area (Å²) in [5.41, 5.74) is 5.36. The van der Waals surface area contributed by atoms with Gasteiger partial charge >= 0.3 is 0 Å². The zero-order chi connectivity index (χ0) is 10.6. The van der Waals surface area contributed by atoms with Gasteiger partial charge in [-0.1, -0.05) is 47.8 Å². The first kappa shape index (κ1) is 12.9. The molecule has 1 amide bonds. The largest absolute Gasteiger partial charge is 0.368 e. The minimum absolute atomic E-state index is 0.255. The molecule has 1 saturated heterocycles. The van der Waals surface area contributed by atoms with Gasteiger partial charge in [-0.3, -0.25) is 4.79 Å². The van der Waals surface area contributed by atoms with Crippen molar-refractivity contribution in [2.45, 2.75) is 41.9 Å². The van der Waals surface area contributed by atoms with Gasteiger partial charge in [0, 0.05) is 5.25 Å². The molecule has 6 heteroatoms. The predicted octanol–water partition coefficient (Wildman–Crippen LogP) is 3.09. The van der Waals surface area contributed by atoms with Crippen LogP contribution >= 0.6 is 44.0 Å². The highest BCUT2D eigenvalue weighted by Crippen LogP contribution is 2.61. The van der Waals surface area contributed by atoms with Gasteiger partial charge in [0.15, 0.2) is 4.08 Å². The molecule has 1 aliphatic heterocycles. The highest BCUT2D eigenvalue weighted by molar-refractivity contribution is 9.11. The highest BCUT2D eigenvalue weighted by atomic mass is 33.5. The van der Waals surface area contributed by atoms with Gasteiger partial charge in [-0.15, -0.1) is 12.6 Å². The second kappa shape index (κ2) is 5.82. The molecule has 82 valence electrons. The van der Waals surface area contributed by atoms with Crippen molar-refractivity contribution in [3.05, 3.63) is 0 Å². The van der Waals surface area contributed by atoms with E-state index in [9.17, 15) is 4.79 Å². The summed E-state index contributed by atoms with van der Waals surface area (Å²) in [6, 6.07) is 0. The number of nitrogens with two attached hydrogens (primary N) is 1. The van der Waals surface area contributed by atoms with Crippen LogP contribution in [0, 0.1) is 0 Å². The number of amides is 1. The molecule has 0 aromatic carbocycles. The quantitative estimate of drug-likeness (QED) is 0.457. The zero-order valence-corrected chi connectivity index (χ0v) is 11.4. The molecule has 1 rings (SSSR count). The van der Waals surface area contributed by atoms with E-state index >= 15 is 0 Å². The predicted molar refractivity (Wildman–Crippen MR) is 71.6 cm³/mol. The van der Waals surface area contributed by atoms with Gasteiger partial charge in [-0.25, -0.2) is 0 Å². The molecule has 0 saturated carbocycles. The van der Waals surface area contributed by atoms with Gasteiger partial charge in [-0.2, -0.15) is 0 Å². The Balaban J connectivity index is 2.46. The van der Waals surface area contributed by atoms with Crippen molar-refractivity contribution < 1.29 is 4.79 Å². The fourth-order valence-corrected chi connectivity index (χ4v) is 8.46. The number of hydrogen-bond donors (Lipinski definition) is 2. The van der Waals surface area contributed by atoms with Crippen LogP contribution in [0.2, 0.25) is 0 Å². The van der Waals surface area contributed by atoms with Gasteiger partial charge in [0.25, 0.3) is 0 Å². The molecule has 1 heterocycles. The van der Waals surface area contributed by atoms with Gasteiger partial charge in [-0.05, 0) is 16.2 Å². The average Bonchev–Trinajstić information content (AvgIpc) is 2.50. The number of thiol groups is 1. The number of hydrogen-bond acceptors (Lipinski definition) is 5. The summed E-state index contributed by atoms with van der Waals surface area (Å²) in [7, 11) is 4.85. The van der Waals surface area contributed by atoms with Gasteiger partial charge in [0.05, 0.1) is 0 Å². The van der Waals surface area contributed by atoms with Crippen molar-refractivity contribution in [2.75, 3.05) is 0 Å². The van der Waals surface area contributed by atoms with E-state index in [0.29, 0.717) is 0 Å². The SMILES string of the molecule is CCCCCC1SSSC1(S)C(N)=O. The third-order valence-electron chi connectivity index (χ3n) is 2.18. The maximum Gasteiger partial charge on any atom is 0.245 e. The van der Waals surface area contributed by atoms with Crippen LogP contribution in [0.15, 0.2) is 0 Å². The monoisotopic (exact) mass is 269 g/mol. The molecule has 0 spiro atoms. The minimum Gasteiger partial charge on any atom is -0.368 e. The van der Waals surface area contributed by atoms with Crippen LogP contribution < -0.4 is 5.73 Å². The van der Waals surface area contributed by atoms with Crippen LogP contribution in [-0.4, -0.2) is 15.2 Å². The Morgan fingerprint density at radius 1 is 1.57 bits per heavy atom. The fourth-order valence-electron chi connectivity index (χ4n) is 1.26. The minimum atomic E-state index is -0.664. The standard InChI is InChI=1S/C8H15NOS4/c1-2-3-4-5-6-8(11,7(9)10)13-14-12-6/h6,11H,2-5H2,1H3,(H2,9,10). The lowest BCUT2D eigenvalue weighted by atomic mass is 10.1. The lowest BCUT2D eigenvalue weighted by molar-refractivity contribution is -0.118. The first-order valence-electron chi connectivity index (χ1n) is 4.64. The fraction of sp³-hybridized carbons (Fsp3) is 0.875. The van der Waals surface area contributed by atoms with Crippen molar-refractivity contribution >= 4 is 49.9 Å². The summed E-state index contributed by atoms with van der Waals surface area (Å²) >= 11 is 4.42. The summed E-state index contributed by atoms with van der Waals surface area (Å²) in [6.45, 7) is 2.17. The summed E-state index contributed by atoms with van der Waals surface area (Å²) in [5.74, 6) is -0.301. The second-order valence-electron chi connectivity index (χ2n) is 3.29. The molecule has 0 aromatic heterocycles. The molecule has 14 heavy (non-hydrogen) atoms. The summed E-state index contributed by atoms with van der Waals surface area (Å²) in [6.07, 6.45) is 4.61. The van der Waals surface area contributed by atoms with Crippen LogP contribution in [0.4, 0.5) is 0 Å². The Bertz CT molecular complexity index is 214. The van der Waals surface area contributed by atoms with Crippen LogP contribution in [0.1, 0.15) is 32.6 Å². The normalized spacial score (nSPS) is 32.0. The molecule has 0 bridgehead atoms. The van der Waals surface area contributed by atoms with E-state index < -0.39 is 4.08 Å². The third-order valence-corrected chi connectivity index (χ3v) is 8.63. The number of carbonyl (C=O) groups is 1. The molecule has 1 aliphatic rings. The Hall–Kier alpha value is 0.870. The topological polar surface area (TPSA) is 43.1 Å². The van der Waals surface area contributed by atoms with Gasteiger partial charge in [0.1, 0.15) is 0 Å². The Morgan fingerprint density at radius 2 is 2.29 bits per heavy atom. The second-order valence-corrected chi connectivity index (χ2v) is 8.72. The van der Waals surface area contributed by atoms with E-state index in [0.717, 1.165) is 12.8 Å². The molecular formula is C8H15NOS4. The lowest BCUT2D eigenvalue weighted by Crippen LogP contribution is -2.41. The molecule has 2 nitrogen and oxygen atoms in total. The maximum atomic E-state index is 11.3. The van der Waals surface area contributed by atoms with Crippen molar-refractivity contribution in [1.82, 2.24) is 0 Å². The Labute approximate surface area is 102 Å². The third kappa shape index (κ3) is 2.93. The molecular weight excluding hydrogens is 254 g/mol. The molecule has 0 radical (unpaired) electrons. The van der Waals surface area contributed by atoms with Gasteiger partial charge in [0.2, 0.25) is 5.91 Å². The maximum absolute atomic E-state index is 11.3. The molecule has 2 atom stereocenters. The van der Waals surface area contributed by atoms with E-state index in [1.54, 1.807) is 20.6 Å². The zero-order valence-electron chi connectivity index (χ0n) is 8.06. The molecule has 0 aromatic rings. The van der Waals surface area contributed by atoms with Crippen LogP contribution in [0.5, 0.6) is 0 Å². The first-order valence-corrected chi connectivity index (χ1v) is 8.64. The van der Waals surface area contributed by atoms with E-state index in [1.165, 1.54) is 23.6 Å². The van der Waals surface area contributed by atoms with E-state index in [1.807, 2.05) is 0 Å². The van der Waals surface area contributed by atoms with Crippen molar-refractivity contribution in [3.63, 3.8) is 0 Å². The highest BCUT2D eigenvalue weighted by Gasteiger charge is 2.47. The smallest absolute Gasteiger partial charge is 0.245 e.